The summed E-state index contributed by atoms with van der Waals surface area (Å²) in [5.41, 5.74) is 5.53. The third kappa shape index (κ3) is 47.4. The van der Waals surface area contributed by atoms with Crippen LogP contribution in [0.3, 0.4) is 0 Å². The van der Waals surface area contributed by atoms with Gasteiger partial charge in [-0.05, 0) is 39.8 Å². The number of carbonyl (C=O) groups is 1. The van der Waals surface area contributed by atoms with E-state index in [9.17, 15) is 0 Å². The van der Waals surface area contributed by atoms with E-state index in [4.69, 9.17) is 10.5 Å². The van der Waals surface area contributed by atoms with Crippen LogP contribution in [0.15, 0.2) is 0 Å². The molecule has 0 saturated heterocycles. The zero-order valence-electron chi connectivity index (χ0n) is 23.6. The van der Waals surface area contributed by atoms with E-state index in [1.54, 1.807) is 0 Å². The van der Waals surface area contributed by atoms with Crippen molar-refractivity contribution in [1.29, 1.82) is 0 Å². The van der Waals surface area contributed by atoms with Gasteiger partial charge in [-0.15, -0.1) is 0 Å². The Kier molecular flexibility index (Phi) is 49.5. The number of carbonyl (C=O) groups excluding carboxylic acids is 1. The van der Waals surface area contributed by atoms with Crippen molar-refractivity contribution < 1.29 is 4.79 Å². The molecule has 0 heterocycles. The summed E-state index contributed by atoms with van der Waals surface area (Å²) in [7, 11) is 2.09. The highest BCUT2D eigenvalue weighted by Gasteiger charge is 2.04. The van der Waals surface area contributed by atoms with Gasteiger partial charge in [0.15, 0.2) is 0 Å². The molecule has 0 aliphatic carbocycles. The van der Waals surface area contributed by atoms with Crippen LogP contribution >= 0.6 is 0 Å². The van der Waals surface area contributed by atoms with E-state index in [2.05, 4.69) is 59.2 Å². The Bertz CT molecular complexity index is 273. The van der Waals surface area contributed by atoms with Crippen LogP contribution in [0.2, 0.25) is 0 Å². The van der Waals surface area contributed by atoms with Gasteiger partial charge < -0.3 is 21.2 Å². The van der Waals surface area contributed by atoms with Gasteiger partial charge in [0.2, 0.25) is 0 Å². The molecule has 4 heteroatoms. The first-order valence-electron chi connectivity index (χ1n) is 14.0. The summed E-state index contributed by atoms with van der Waals surface area (Å²) in [5, 5.41) is 7.01. The molecule has 4 N–H and O–H groups in total. The van der Waals surface area contributed by atoms with Crippen molar-refractivity contribution in [3.05, 3.63) is 0 Å². The molecule has 32 heavy (non-hydrogen) atoms. The van der Waals surface area contributed by atoms with Gasteiger partial charge in [0, 0.05) is 18.6 Å². The molecule has 4 nitrogen and oxygen atoms in total. The van der Waals surface area contributed by atoms with Crippen LogP contribution in [0, 0.1) is 0 Å². The van der Waals surface area contributed by atoms with E-state index in [0.717, 1.165) is 6.54 Å². The van der Waals surface area contributed by atoms with Gasteiger partial charge in [-0.25, -0.2) is 0 Å². The van der Waals surface area contributed by atoms with E-state index in [1.165, 1.54) is 109 Å². The lowest BCUT2D eigenvalue weighted by Gasteiger charge is -2.16. The predicted molar refractivity (Wildman–Crippen MR) is 149 cm³/mol. The predicted octanol–water partition coefficient (Wildman–Crippen LogP) is 7.64. The average molecular weight is 460 g/mol. The first-order valence-corrected chi connectivity index (χ1v) is 14.0. The summed E-state index contributed by atoms with van der Waals surface area (Å²) in [5.74, 6) is 0. The average Bonchev–Trinajstić information content (AvgIpc) is 2.81. The molecule has 2 atom stereocenters. The normalized spacial score (nSPS) is 11.8. The maximum atomic E-state index is 8.00. The summed E-state index contributed by atoms with van der Waals surface area (Å²) in [6, 6.07) is 1.07. The Labute approximate surface area is 204 Å². The van der Waals surface area contributed by atoms with Crippen molar-refractivity contribution >= 4 is 6.79 Å². The fourth-order valence-corrected chi connectivity index (χ4v) is 3.01. The number of hydrogen-bond donors (Lipinski definition) is 3. The van der Waals surface area contributed by atoms with Gasteiger partial charge in [-0.2, -0.15) is 0 Å². The fourth-order valence-electron chi connectivity index (χ4n) is 3.01. The summed E-state index contributed by atoms with van der Waals surface area (Å²) in [6.45, 7) is 17.5. The van der Waals surface area contributed by atoms with Crippen molar-refractivity contribution in [3.8, 4) is 0 Å². The van der Waals surface area contributed by atoms with Crippen LogP contribution in [0.5, 0.6) is 0 Å². The maximum Gasteiger partial charge on any atom is 0.106 e. The minimum absolute atomic E-state index is 0.404. The van der Waals surface area contributed by atoms with Crippen molar-refractivity contribution in [3.63, 3.8) is 0 Å². The van der Waals surface area contributed by atoms with Gasteiger partial charge in [0.1, 0.15) is 6.79 Å². The Morgan fingerprint density at radius 3 is 1.53 bits per heavy atom. The fraction of sp³-hybridized carbons (Fsp3) is 0.964. The molecule has 0 rings (SSSR count). The van der Waals surface area contributed by atoms with E-state index in [-0.39, 0.29) is 0 Å². The molecule has 0 aromatic rings. The van der Waals surface area contributed by atoms with Gasteiger partial charge in [0.25, 0.3) is 0 Å². The largest absolute Gasteiger partial charge is 0.328 e. The van der Waals surface area contributed by atoms with Gasteiger partial charge >= 0.3 is 0 Å². The Morgan fingerprint density at radius 1 is 0.656 bits per heavy atom. The number of likely N-dealkylation sites (N-methyl/N-ethyl adjacent to an activating group) is 1. The summed E-state index contributed by atoms with van der Waals surface area (Å²) >= 11 is 0. The number of hydrogen-bond acceptors (Lipinski definition) is 4. The molecule has 2 unspecified atom stereocenters. The number of nitrogens with two attached hydrogens (primary N) is 1. The lowest BCUT2D eigenvalue weighted by atomic mass is 10.1. The zero-order chi connectivity index (χ0) is 25.3. The van der Waals surface area contributed by atoms with E-state index >= 15 is 0 Å². The highest BCUT2D eigenvalue weighted by Crippen LogP contribution is 2.05. The van der Waals surface area contributed by atoms with E-state index in [1.807, 2.05) is 6.79 Å². The second-order valence-electron chi connectivity index (χ2n) is 8.93. The third-order valence-corrected chi connectivity index (χ3v) is 5.43. The smallest absolute Gasteiger partial charge is 0.106 e. The van der Waals surface area contributed by atoms with Gasteiger partial charge in [-0.1, -0.05) is 118 Å². The lowest BCUT2D eigenvalue weighted by molar-refractivity contribution is -0.0979. The zero-order valence-corrected chi connectivity index (χ0v) is 23.6. The van der Waals surface area contributed by atoms with Crippen LogP contribution in [-0.2, 0) is 4.79 Å². The molecule has 0 aromatic heterocycles. The number of unbranched alkanes of at least 4 members (excludes halogenated alkanes) is 10. The van der Waals surface area contributed by atoms with Crippen molar-refractivity contribution in [2.75, 3.05) is 20.1 Å². The first kappa shape index (κ1) is 38.8. The first-order chi connectivity index (χ1) is 15.5. The Hall–Kier alpha value is -0.450. The van der Waals surface area contributed by atoms with Crippen LogP contribution in [0.4, 0.5) is 0 Å². The molecule has 0 saturated carbocycles. The molecule has 0 amide bonds. The Morgan fingerprint density at radius 2 is 1.09 bits per heavy atom. The van der Waals surface area contributed by atoms with Gasteiger partial charge in [0.05, 0.1) is 0 Å². The van der Waals surface area contributed by atoms with Crippen molar-refractivity contribution in [2.45, 2.75) is 156 Å². The van der Waals surface area contributed by atoms with Crippen molar-refractivity contribution in [2.24, 2.45) is 5.73 Å². The second-order valence-corrected chi connectivity index (χ2v) is 8.93. The SMILES string of the molecule is C=O.CCCC.CCCCCC(C)N.CCCCCCCCNCC(CCCCC)NC. The van der Waals surface area contributed by atoms with Crippen LogP contribution in [-0.4, -0.2) is 39.0 Å². The van der Waals surface area contributed by atoms with Crippen LogP contribution < -0.4 is 16.4 Å². The summed E-state index contributed by atoms with van der Waals surface area (Å²) in [6.07, 6.45) is 21.5. The highest BCUT2D eigenvalue weighted by molar-refractivity contribution is 5.11. The quantitative estimate of drug-likeness (QED) is 0.174. The summed E-state index contributed by atoms with van der Waals surface area (Å²) in [4.78, 5) is 8.00. The minimum atomic E-state index is 0.404. The van der Waals surface area contributed by atoms with E-state index < -0.39 is 0 Å². The van der Waals surface area contributed by atoms with Crippen LogP contribution in [0.25, 0.3) is 0 Å². The molecule has 0 aliphatic heterocycles. The molecule has 0 bridgehead atoms. The molecular weight excluding hydrogens is 394 g/mol. The summed E-state index contributed by atoms with van der Waals surface area (Å²) < 4.78 is 0. The molecule has 0 fully saturated rings. The third-order valence-electron chi connectivity index (χ3n) is 5.43. The molecule has 198 valence electrons. The van der Waals surface area contributed by atoms with Gasteiger partial charge in [-0.3, -0.25) is 0 Å². The molecular formula is C28H65N3O. The molecule has 0 spiro atoms. The monoisotopic (exact) mass is 460 g/mol. The van der Waals surface area contributed by atoms with Crippen molar-refractivity contribution in [1.82, 2.24) is 10.6 Å². The highest BCUT2D eigenvalue weighted by atomic mass is 16.1. The molecule has 0 aromatic carbocycles. The number of nitrogens with one attached hydrogen (secondary N) is 2. The van der Waals surface area contributed by atoms with E-state index in [0.29, 0.717) is 12.1 Å². The second kappa shape index (κ2) is 40.9. The Balaban J connectivity index is -0.000000230. The molecule has 0 aliphatic rings. The molecule has 0 radical (unpaired) electrons. The standard InChI is InChI=1S/C16H36N2.C7H17N.C4H10.CH2O/c1-4-6-8-9-10-12-14-18-15-16(17-3)13-11-7-5-2;1-3-4-5-6-7(2)8;1-3-4-2;1-2/h16-18H,4-15H2,1-3H3;7H,3-6,8H2,1-2H3;3-4H2,1-2H3;1H2. The minimum Gasteiger partial charge on any atom is -0.328 e. The number of rotatable bonds is 19. The maximum absolute atomic E-state index is 8.00. The lowest BCUT2D eigenvalue weighted by Crippen LogP contribution is -2.36. The van der Waals surface area contributed by atoms with Crippen LogP contribution in [0.1, 0.15) is 144 Å². The topological polar surface area (TPSA) is 67.2 Å².